The van der Waals surface area contributed by atoms with E-state index >= 15 is 0 Å². The zero-order chi connectivity index (χ0) is 15.5. The third-order valence-corrected chi connectivity index (χ3v) is 4.82. The molecule has 0 aliphatic heterocycles. The number of methoxy groups -OCH3 is 3. The van der Waals surface area contributed by atoms with Crippen molar-refractivity contribution >= 4 is 0 Å². The van der Waals surface area contributed by atoms with Gasteiger partial charge in [0.15, 0.2) is 11.5 Å². The molecule has 0 amide bonds. The average molecular weight is 293 g/mol. The Bertz CT molecular complexity index is 481. The van der Waals surface area contributed by atoms with E-state index in [2.05, 4.69) is 6.92 Å². The first kappa shape index (κ1) is 16.0. The summed E-state index contributed by atoms with van der Waals surface area (Å²) < 4.78 is 16.4. The van der Waals surface area contributed by atoms with Gasteiger partial charge in [0.1, 0.15) is 0 Å². The van der Waals surface area contributed by atoms with Gasteiger partial charge in [-0.15, -0.1) is 0 Å². The fourth-order valence-corrected chi connectivity index (χ4v) is 3.42. The van der Waals surface area contributed by atoms with Gasteiger partial charge < -0.3 is 19.9 Å². The SMILES string of the molecule is COc1ccc(C(N)C2(C)CCCCC2)c(OC)c1OC. The number of ether oxygens (including phenoxy) is 3. The summed E-state index contributed by atoms with van der Waals surface area (Å²) in [5, 5.41) is 0. The van der Waals surface area contributed by atoms with Crippen molar-refractivity contribution in [3.63, 3.8) is 0 Å². The molecule has 0 radical (unpaired) electrons. The zero-order valence-electron chi connectivity index (χ0n) is 13.6. The van der Waals surface area contributed by atoms with E-state index in [1.54, 1.807) is 21.3 Å². The molecular weight excluding hydrogens is 266 g/mol. The van der Waals surface area contributed by atoms with E-state index in [1.165, 1.54) is 19.3 Å². The summed E-state index contributed by atoms with van der Waals surface area (Å²) in [4.78, 5) is 0. The van der Waals surface area contributed by atoms with Gasteiger partial charge in [0.05, 0.1) is 21.3 Å². The van der Waals surface area contributed by atoms with Crippen LogP contribution in [0.25, 0.3) is 0 Å². The predicted octanol–water partition coefficient (Wildman–Crippen LogP) is 3.68. The van der Waals surface area contributed by atoms with Gasteiger partial charge in [0, 0.05) is 11.6 Å². The summed E-state index contributed by atoms with van der Waals surface area (Å²) in [6.45, 7) is 2.28. The van der Waals surface area contributed by atoms with Gasteiger partial charge in [-0.05, 0) is 30.4 Å². The largest absolute Gasteiger partial charge is 0.493 e. The third kappa shape index (κ3) is 2.95. The Labute approximate surface area is 127 Å². The second-order valence-corrected chi connectivity index (χ2v) is 6.12. The fraction of sp³-hybridized carbons (Fsp3) is 0.647. The van der Waals surface area contributed by atoms with Gasteiger partial charge >= 0.3 is 0 Å². The summed E-state index contributed by atoms with van der Waals surface area (Å²) >= 11 is 0. The Morgan fingerprint density at radius 2 is 1.57 bits per heavy atom. The van der Waals surface area contributed by atoms with Crippen molar-refractivity contribution in [1.82, 2.24) is 0 Å². The van der Waals surface area contributed by atoms with Crippen molar-refractivity contribution < 1.29 is 14.2 Å². The van der Waals surface area contributed by atoms with E-state index < -0.39 is 0 Å². The van der Waals surface area contributed by atoms with Crippen molar-refractivity contribution in [2.75, 3.05) is 21.3 Å². The van der Waals surface area contributed by atoms with Crippen molar-refractivity contribution in [3.05, 3.63) is 17.7 Å². The molecule has 0 heterocycles. The van der Waals surface area contributed by atoms with Crippen molar-refractivity contribution in [1.29, 1.82) is 0 Å². The summed E-state index contributed by atoms with van der Waals surface area (Å²) in [7, 11) is 4.90. The lowest BCUT2D eigenvalue weighted by Gasteiger charge is -2.39. The minimum Gasteiger partial charge on any atom is -0.493 e. The second kappa shape index (κ2) is 6.56. The van der Waals surface area contributed by atoms with Crippen LogP contribution in [0.5, 0.6) is 17.2 Å². The van der Waals surface area contributed by atoms with E-state index in [9.17, 15) is 0 Å². The first-order chi connectivity index (χ1) is 10.1. The maximum atomic E-state index is 6.62. The van der Waals surface area contributed by atoms with Crippen LogP contribution in [0.3, 0.4) is 0 Å². The normalized spacial score (nSPS) is 18.9. The summed E-state index contributed by atoms with van der Waals surface area (Å²) in [5.41, 5.74) is 7.73. The van der Waals surface area contributed by atoms with Gasteiger partial charge in [0.25, 0.3) is 0 Å². The quantitative estimate of drug-likeness (QED) is 0.899. The Hall–Kier alpha value is -1.42. The average Bonchev–Trinajstić information content (AvgIpc) is 2.53. The molecule has 2 rings (SSSR count). The van der Waals surface area contributed by atoms with E-state index in [-0.39, 0.29) is 11.5 Å². The van der Waals surface area contributed by atoms with Crippen LogP contribution in [-0.2, 0) is 0 Å². The highest BCUT2D eigenvalue weighted by atomic mass is 16.5. The maximum absolute atomic E-state index is 6.62. The monoisotopic (exact) mass is 293 g/mol. The van der Waals surface area contributed by atoms with E-state index in [4.69, 9.17) is 19.9 Å². The minimum absolute atomic E-state index is 0.0624. The molecule has 1 aromatic rings. The fourth-order valence-electron chi connectivity index (χ4n) is 3.42. The lowest BCUT2D eigenvalue weighted by atomic mass is 9.69. The van der Waals surface area contributed by atoms with Crippen LogP contribution in [0, 0.1) is 5.41 Å². The number of rotatable bonds is 5. The van der Waals surface area contributed by atoms with Crippen LogP contribution in [0.1, 0.15) is 50.6 Å². The molecule has 21 heavy (non-hydrogen) atoms. The number of nitrogens with two attached hydrogens (primary N) is 1. The molecule has 0 bridgehead atoms. The highest BCUT2D eigenvalue weighted by molar-refractivity contribution is 5.57. The lowest BCUT2D eigenvalue weighted by molar-refractivity contribution is 0.167. The van der Waals surface area contributed by atoms with Crippen LogP contribution in [0.2, 0.25) is 0 Å². The first-order valence-electron chi connectivity index (χ1n) is 7.62. The van der Waals surface area contributed by atoms with Crippen molar-refractivity contribution in [2.45, 2.75) is 45.1 Å². The maximum Gasteiger partial charge on any atom is 0.203 e. The smallest absolute Gasteiger partial charge is 0.203 e. The molecule has 1 atom stereocenters. The molecule has 4 heteroatoms. The van der Waals surface area contributed by atoms with Crippen molar-refractivity contribution in [3.8, 4) is 17.2 Å². The first-order valence-corrected chi connectivity index (χ1v) is 7.62. The Morgan fingerprint density at radius 1 is 0.952 bits per heavy atom. The van der Waals surface area contributed by atoms with E-state index in [0.717, 1.165) is 18.4 Å². The van der Waals surface area contributed by atoms with Crippen LogP contribution in [0.4, 0.5) is 0 Å². The molecule has 1 unspecified atom stereocenters. The van der Waals surface area contributed by atoms with Crippen molar-refractivity contribution in [2.24, 2.45) is 11.1 Å². The summed E-state index contributed by atoms with van der Waals surface area (Å²) in [6, 6.07) is 3.85. The summed E-state index contributed by atoms with van der Waals surface area (Å²) in [6.07, 6.45) is 6.13. The standard InChI is InChI=1S/C17H27NO3/c1-17(10-6-5-7-11-17)16(18)12-8-9-13(19-2)15(21-4)14(12)20-3/h8-9,16H,5-7,10-11,18H2,1-4H3. The van der Waals surface area contributed by atoms with Gasteiger partial charge in [-0.2, -0.15) is 0 Å². The van der Waals surface area contributed by atoms with Gasteiger partial charge in [-0.3, -0.25) is 0 Å². The third-order valence-electron chi connectivity index (χ3n) is 4.82. The zero-order valence-corrected chi connectivity index (χ0v) is 13.6. The molecule has 118 valence electrons. The predicted molar refractivity (Wildman–Crippen MR) is 84.2 cm³/mol. The van der Waals surface area contributed by atoms with E-state index in [0.29, 0.717) is 17.2 Å². The molecule has 1 aliphatic rings. The molecule has 4 nitrogen and oxygen atoms in total. The molecular formula is C17H27NO3. The Kier molecular flexibility index (Phi) is 4.99. The molecule has 0 spiro atoms. The Balaban J connectivity index is 2.42. The summed E-state index contributed by atoms with van der Waals surface area (Å²) in [5.74, 6) is 1.97. The molecule has 0 aromatic heterocycles. The van der Waals surface area contributed by atoms with Crippen LogP contribution in [0.15, 0.2) is 12.1 Å². The topological polar surface area (TPSA) is 53.7 Å². The number of hydrogen-bond donors (Lipinski definition) is 1. The molecule has 1 fully saturated rings. The van der Waals surface area contributed by atoms with Crippen LogP contribution >= 0.6 is 0 Å². The number of benzene rings is 1. The highest BCUT2D eigenvalue weighted by Crippen LogP contribution is 2.49. The molecule has 0 saturated heterocycles. The highest BCUT2D eigenvalue weighted by Gasteiger charge is 2.36. The van der Waals surface area contributed by atoms with E-state index in [1.807, 2.05) is 12.1 Å². The molecule has 1 saturated carbocycles. The lowest BCUT2D eigenvalue weighted by Crippen LogP contribution is -2.34. The Morgan fingerprint density at radius 3 is 2.10 bits per heavy atom. The molecule has 1 aliphatic carbocycles. The minimum atomic E-state index is -0.0624. The molecule has 2 N–H and O–H groups in total. The van der Waals surface area contributed by atoms with Crippen LogP contribution < -0.4 is 19.9 Å². The van der Waals surface area contributed by atoms with Gasteiger partial charge in [-0.25, -0.2) is 0 Å². The number of hydrogen-bond acceptors (Lipinski definition) is 4. The van der Waals surface area contributed by atoms with Gasteiger partial charge in [0.2, 0.25) is 5.75 Å². The molecule has 1 aromatic carbocycles. The van der Waals surface area contributed by atoms with Crippen LogP contribution in [-0.4, -0.2) is 21.3 Å². The van der Waals surface area contributed by atoms with Gasteiger partial charge in [-0.1, -0.05) is 26.2 Å². The second-order valence-electron chi connectivity index (χ2n) is 6.12.